The van der Waals surface area contributed by atoms with Crippen LogP contribution in [0, 0.1) is 11.3 Å². The third-order valence-corrected chi connectivity index (χ3v) is 6.49. The van der Waals surface area contributed by atoms with Crippen molar-refractivity contribution in [3.8, 4) is 17.3 Å². The van der Waals surface area contributed by atoms with Gasteiger partial charge in [0.1, 0.15) is 29.1 Å². The van der Waals surface area contributed by atoms with Gasteiger partial charge in [-0.25, -0.2) is 19.4 Å². The lowest BCUT2D eigenvalue weighted by molar-refractivity contribution is -0.142. The van der Waals surface area contributed by atoms with Gasteiger partial charge in [-0.2, -0.15) is 5.26 Å². The number of rotatable bonds is 9. The van der Waals surface area contributed by atoms with Crippen molar-refractivity contribution in [2.24, 2.45) is 0 Å². The molecule has 1 aromatic carbocycles. The molecule has 1 fully saturated rings. The zero-order chi connectivity index (χ0) is 31.9. The number of hydrogen-bond donors (Lipinski definition) is 3. The molecule has 0 unspecified atom stereocenters. The number of aliphatic carboxylic acids is 1. The van der Waals surface area contributed by atoms with E-state index in [9.17, 15) is 24.8 Å². The maximum atomic E-state index is 13.7. The molecule has 1 aliphatic heterocycles. The van der Waals surface area contributed by atoms with Gasteiger partial charge in [0, 0.05) is 25.1 Å². The van der Waals surface area contributed by atoms with E-state index in [0.29, 0.717) is 29.1 Å². The molecule has 12 nitrogen and oxygen atoms in total. The fourth-order valence-corrected chi connectivity index (χ4v) is 4.73. The molecule has 2 amide bonds. The van der Waals surface area contributed by atoms with E-state index in [-0.39, 0.29) is 18.8 Å². The van der Waals surface area contributed by atoms with Gasteiger partial charge in [0.2, 0.25) is 0 Å². The van der Waals surface area contributed by atoms with Crippen LogP contribution in [0.4, 0.5) is 21.1 Å². The summed E-state index contributed by atoms with van der Waals surface area (Å²) in [6, 6.07) is 10.7. The molecule has 232 valence electrons. The summed E-state index contributed by atoms with van der Waals surface area (Å²) in [7, 11) is 1.87. The second-order valence-corrected chi connectivity index (χ2v) is 12.3. The van der Waals surface area contributed by atoms with Crippen molar-refractivity contribution in [1.82, 2.24) is 15.2 Å². The minimum Gasteiger partial charge on any atom is -0.480 e. The van der Waals surface area contributed by atoms with Gasteiger partial charge in [-0.3, -0.25) is 9.80 Å². The molecule has 12 heteroatoms. The van der Waals surface area contributed by atoms with Gasteiger partial charge >= 0.3 is 18.2 Å². The zero-order valence-corrected chi connectivity index (χ0v) is 25.9. The van der Waals surface area contributed by atoms with Crippen LogP contribution in [0.3, 0.4) is 0 Å². The van der Waals surface area contributed by atoms with Gasteiger partial charge in [-0.05, 0) is 79.8 Å². The average molecular weight is 595 g/mol. The van der Waals surface area contributed by atoms with Crippen LogP contribution in [0.2, 0.25) is 0 Å². The predicted molar refractivity (Wildman–Crippen MR) is 163 cm³/mol. The molecule has 43 heavy (non-hydrogen) atoms. The third-order valence-electron chi connectivity index (χ3n) is 6.49. The quantitative estimate of drug-likeness (QED) is 0.343. The lowest BCUT2D eigenvalue weighted by atomic mass is 10.0. The molecule has 1 saturated heterocycles. The topological polar surface area (TPSA) is 157 Å². The molecular formula is C31H42N6O6. The molecular weight excluding hydrogens is 552 g/mol. The smallest absolute Gasteiger partial charge is 0.416 e. The second kappa shape index (κ2) is 13.7. The van der Waals surface area contributed by atoms with Crippen molar-refractivity contribution in [1.29, 1.82) is 5.26 Å². The van der Waals surface area contributed by atoms with Crippen LogP contribution in [-0.4, -0.2) is 83.1 Å². The Morgan fingerprint density at radius 3 is 2.35 bits per heavy atom. The Labute approximate surface area is 253 Å². The molecule has 1 aromatic heterocycles. The van der Waals surface area contributed by atoms with Crippen molar-refractivity contribution < 1.29 is 29.0 Å². The Hall–Kier alpha value is -4.37. The Morgan fingerprint density at radius 2 is 1.74 bits per heavy atom. The molecule has 2 heterocycles. The Bertz CT molecular complexity index is 1360. The number of pyridine rings is 1. The van der Waals surface area contributed by atoms with E-state index >= 15 is 0 Å². The third kappa shape index (κ3) is 8.81. The maximum absolute atomic E-state index is 13.7. The van der Waals surface area contributed by atoms with Crippen LogP contribution in [-0.2, 0) is 14.3 Å². The normalized spacial score (nSPS) is 16.7. The van der Waals surface area contributed by atoms with Crippen LogP contribution in [0.25, 0.3) is 11.3 Å². The number of benzene rings is 1. The first kappa shape index (κ1) is 33.1. The SMILES string of the molecule is CNCCCNc1c(C#N)cccc1-c1cccc(N(C(=O)OC(C)(C)C)[C@H]2C[C@@H](C(=O)O)N(C(=O)OC(C)(C)C)C2)n1. The summed E-state index contributed by atoms with van der Waals surface area (Å²) in [5.74, 6) is -0.989. The molecule has 1 aliphatic rings. The van der Waals surface area contributed by atoms with Crippen LogP contribution in [0.15, 0.2) is 36.4 Å². The number of carbonyl (C=O) groups excluding carboxylic acids is 2. The standard InChI is InChI=1S/C31H42N6O6/c1-30(2,3)42-28(40)36-19-21(17-24(36)27(38)39)37(29(41)43-31(4,5)6)25-14-9-13-23(35-25)22-12-8-11-20(18-32)26(22)34-16-10-15-33-7/h8-9,11-14,21,24,33-34H,10,15-17,19H2,1-7H3,(H,38,39)/t21-,24-/m0/s1. The fourth-order valence-electron chi connectivity index (χ4n) is 4.73. The number of amides is 2. The van der Waals surface area contributed by atoms with Crippen molar-refractivity contribution in [3.63, 3.8) is 0 Å². The number of carbonyl (C=O) groups is 3. The number of hydrogen-bond acceptors (Lipinski definition) is 9. The number of nitriles is 1. The molecule has 0 spiro atoms. The highest BCUT2D eigenvalue weighted by atomic mass is 16.6. The zero-order valence-electron chi connectivity index (χ0n) is 25.9. The minimum atomic E-state index is -1.21. The van der Waals surface area contributed by atoms with E-state index in [1.165, 1.54) is 4.90 Å². The Kier molecular flexibility index (Phi) is 10.6. The Morgan fingerprint density at radius 1 is 1.07 bits per heavy atom. The number of para-hydroxylation sites is 1. The van der Waals surface area contributed by atoms with Gasteiger partial charge in [-0.15, -0.1) is 0 Å². The van der Waals surface area contributed by atoms with Gasteiger partial charge in [0.15, 0.2) is 0 Å². The minimum absolute atomic E-state index is 0.0537. The highest BCUT2D eigenvalue weighted by molar-refractivity contribution is 5.90. The number of nitrogens with one attached hydrogen (secondary N) is 2. The van der Waals surface area contributed by atoms with Crippen molar-refractivity contribution >= 4 is 29.7 Å². The molecule has 0 aliphatic carbocycles. The number of carboxylic acid groups (broad SMARTS) is 1. The average Bonchev–Trinajstić information content (AvgIpc) is 3.35. The second-order valence-electron chi connectivity index (χ2n) is 12.3. The van der Waals surface area contributed by atoms with Gasteiger partial charge in [-0.1, -0.05) is 18.2 Å². The van der Waals surface area contributed by atoms with E-state index in [0.717, 1.165) is 17.9 Å². The number of aromatic nitrogens is 1. The first-order valence-corrected chi connectivity index (χ1v) is 14.3. The summed E-state index contributed by atoms with van der Waals surface area (Å²) in [5, 5.41) is 26.2. The van der Waals surface area contributed by atoms with E-state index in [2.05, 4.69) is 16.7 Å². The number of anilines is 2. The summed E-state index contributed by atoms with van der Waals surface area (Å²) in [5.41, 5.74) is 0.545. The van der Waals surface area contributed by atoms with Crippen LogP contribution in [0.5, 0.6) is 0 Å². The molecule has 3 N–H and O–H groups in total. The van der Waals surface area contributed by atoms with Crippen molar-refractivity contribution in [3.05, 3.63) is 42.0 Å². The predicted octanol–water partition coefficient (Wildman–Crippen LogP) is 4.85. The number of likely N-dealkylation sites (tertiary alicyclic amines) is 1. The largest absolute Gasteiger partial charge is 0.480 e. The molecule has 3 rings (SSSR count). The monoisotopic (exact) mass is 594 g/mol. The van der Waals surface area contributed by atoms with Crippen LogP contribution in [0.1, 0.15) is 59.9 Å². The summed E-state index contributed by atoms with van der Waals surface area (Å²) < 4.78 is 11.2. The van der Waals surface area contributed by atoms with Crippen LogP contribution >= 0.6 is 0 Å². The molecule has 0 radical (unpaired) electrons. The fraction of sp³-hybridized carbons (Fsp3) is 0.516. The molecule has 2 aromatic rings. The molecule has 2 atom stereocenters. The number of carboxylic acids is 1. The van der Waals surface area contributed by atoms with Crippen LogP contribution < -0.4 is 15.5 Å². The molecule has 0 bridgehead atoms. The number of ether oxygens (including phenoxy) is 2. The lowest BCUT2D eigenvalue weighted by Gasteiger charge is -2.31. The first-order valence-electron chi connectivity index (χ1n) is 14.3. The highest BCUT2D eigenvalue weighted by Crippen LogP contribution is 2.34. The molecule has 0 saturated carbocycles. The summed E-state index contributed by atoms with van der Waals surface area (Å²) in [4.78, 5) is 46.1. The van der Waals surface area contributed by atoms with Crippen molar-refractivity contribution in [2.45, 2.75) is 77.7 Å². The lowest BCUT2D eigenvalue weighted by Crippen LogP contribution is -2.46. The summed E-state index contributed by atoms with van der Waals surface area (Å²) >= 11 is 0. The van der Waals surface area contributed by atoms with Crippen molar-refractivity contribution in [2.75, 3.05) is 36.9 Å². The summed E-state index contributed by atoms with van der Waals surface area (Å²) in [6.07, 6.45) is -0.734. The summed E-state index contributed by atoms with van der Waals surface area (Å²) in [6.45, 7) is 11.6. The van der Waals surface area contributed by atoms with E-state index in [4.69, 9.17) is 14.5 Å². The number of nitrogens with zero attached hydrogens (tertiary/aromatic N) is 4. The first-order chi connectivity index (χ1) is 20.1. The van der Waals surface area contributed by atoms with Gasteiger partial charge in [0.25, 0.3) is 0 Å². The van der Waals surface area contributed by atoms with Gasteiger partial charge < -0.3 is 25.2 Å². The van der Waals surface area contributed by atoms with Gasteiger partial charge in [0.05, 0.1) is 23.0 Å². The van der Waals surface area contributed by atoms with E-state index in [1.807, 2.05) is 13.1 Å². The van der Waals surface area contributed by atoms with E-state index in [1.54, 1.807) is 71.9 Å². The maximum Gasteiger partial charge on any atom is 0.416 e. The Balaban J connectivity index is 2.06. The highest BCUT2D eigenvalue weighted by Gasteiger charge is 2.46. The van der Waals surface area contributed by atoms with E-state index < -0.39 is 41.4 Å².